The quantitative estimate of drug-likeness (QED) is 0.702. The minimum absolute atomic E-state index is 0.0213. The number of amides is 2. The summed E-state index contributed by atoms with van der Waals surface area (Å²) >= 11 is 5.77. The largest absolute Gasteiger partial charge is 0.372 e. The van der Waals surface area contributed by atoms with Crippen LogP contribution in [-0.2, 0) is 16.1 Å². The molecule has 1 heterocycles. The van der Waals surface area contributed by atoms with Crippen molar-refractivity contribution >= 4 is 23.4 Å². The Bertz CT molecular complexity index is 636. The van der Waals surface area contributed by atoms with E-state index in [1.54, 1.807) is 0 Å². The van der Waals surface area contributed by atoms with E-state index in [9.17, 15) is 19.1 Å². The van der Waals surface area contributed by atoms with Crippen LogP contribution in [0.25, 0.3) is 0 Å². The number of nitrogens with one attached hydrogen (secondary N) is 1. The van der Waals surface area contributed by atoms with Crippen LogP contribution in [0.15, 0.2) is 18.2 Å². The van der Waals surface area contributed by atoms with E-state index in [2.05, 4.69) is 5.32 Å². The van der Waals surface area contributed by atoms with Crippen LogP contribution in [0.5, 0.6) is 0 Å². The molecule has 1 fully saturated rings. The molecule has 1 unspecified atom stereocenters. The Balaban J connectivity index is 1.93. The van der Waals surface area contributed by atoms with Crippen molar-refractivity contribution in [3.05, 3.63) is 34.6 Å². The fraction of sp³-hybridized carbons (Fsp3) is 0.529. The second-order valence-corrected chi connectivity index (χ2v) is 6.96. The lowest BCUT2D eigenvalue weighted by Crippen LogP contribution is -2.52. The predicted octanol–water partition coefficient (Wildman–Crippen LogP) is 1.01. The van der Waals surface area contributed by atoms with Crippen molar-refractivity contribution in [1.82, 2.24) is 15.1 Å². The Morgan fingerprint density at radius 3 is 2.80 bits per heavy atom. The monoisotopic (exact) mass is 371 g/mol. The second kappa shape index (κ2) is 8.12. The lowest BCUT2D eigenvalue weighted by atomic mass is 10.0. The molecule has 1 aliphatic rings. The molecule has 0 saturated carbocycles. The van der Waals surface area contributed by atoms with Crippen molar-refractivity contribution in [3.63, 3.8) is 0 Å². The minimum atomic E-state index is -2.06. The van der Waals surface area contributed by atoms with Crippen molar-refractivity contribution in [1.29, 1.82) is 0 Å². The normalized spacial score (nSPS) is 20.4. The van der Waals surface area contributed by atoms with Gasteiger partial charge in [-0.05, 0) is 50.8 Å². The zero-order valence-corrected chi connectivity index (χ0v) is 15.1. The molecule has 1 atom stereocenters. The molecule has 0 radical (unpaired) electrons. The third kappa shape index (κ3) is 4.90. The highest BCUT2D eigenvalue weighted by atomic mass is 35.5. The molecule has 1 aromatic rings. The summed E-state index contributed by atoms with van der Waals surface area (Å²) in [6.07, 6.45) is 0.807. The van der Waals surface area contributed by atoms with Gasteiger partial charge in [-0.2, -0.15) is 0 Å². The van der Waals surface area contributed by atoms with Gasteiger partial charge in [0.25, 0.3) is 11.8 Å². The van der Waals surface area contributed by atoms with Crippen LogP contribution < -0.4 is 5.32 Å². The topological polar surface area (TPSA) is 72.9 Å². The molecule has 1 aromatic carbocycles. The van der Waals surface area contributed by atoms with Gasteiger partial charge in [0, 0.05) is 31.1 Å². The van der Waals surface area contributed by atoms with Crippen LogP contribution in [0.3, 0.4) is 0 Å². The van der Waals surface area contributed by atoms with E-state index in [1.807, 2.05) is 19.0 Å². The van der Waals surface area contributed by atoms with Gasteiger partial charge in [-0.1, -0.05) is 11.6 Å². The van der Waals surface area contributed by atoms with Crippen LogP contribution >= 0.6 is 11.6 Å². The third-order valence-corrected chi connectivity index (χ3v) is 4.39. The Hall–Kier alpha value is -1.70. The molecule has 2 N–H and O–H groups in total. The van der Waals surface area contributed by atoms with Crippen molar-refractivity contribution in [2.45, 2.75) is 25.0 Å². The van der Waals surface area contributed by atoms with E-state index in [0.717, 1.165) is 19.0 Å². The molecule has 8 heteroatoms. The van der Waals surface area contributed by atoms with Gasteiger partial charge in [0.05, 0.1) is 0 Å². The molecule has 2 rings (SSSR count). The first-order valence-electron chi connectivity index (χ1n) is 8.12. The third-order valence-electron chi connectivity index (χ3n) is 4.17. The van der Waals surface area contributed by atoms with Gasteiger partial charge in [-0.3, -0.25) is 9.59 Å². The van der Waals surface area contributed by atoms with Gasteiger partial charge in [0.2, 0.25) is 5.60 Å². The number of nitrogens with zero attached hydrogens (tertiary/aromatic N) is 2. The number of benzene rings is 1. The predicted molar refractivity (Wildman–Crippen MR) is 92.6 cm³/mol. The fourth-order valence-corrected chi connectivity index (χ4v) is 3.05. The van der Waals surface area contributed by atoms with Crippen LogP contribution in [0.4, 0.5) is 4.39 Å². The number of hydrogen-bond donors (Lipinski definition) is 2. The van der Waals surface area contributed by atoms with Gasteiger partial charge in [-0.25, -0.2) is 4.39 Å². The highest BCUT2D eigenvalue weighted by Crippen LogP contribution is 2.24. The Morgan fingerprint density at radius 1 is 1.44 bits per heavy atom. The van der Waals surface area contributed by atoms with Gasteiger partial charge in [0.1, 0.15) is 5.82 Å². The molecule has 138 valence electrons. The molecule has 0 bridgehead atoms. The average molecular weight is 372 g/mol. The van der Waals surface area contributed by atoms with E-state index in [4.69, 9.17) is 11.6 Å². The highest BCUT2D eigenvalue weighted by Gasteiger charge is 2.50. The maximum absolute atomic E-state index is 13.3. The van der Waals surface area contributed by atoms with Crippen molar-refractivity contribution in [2.75, 3.05) is 33.7 Å². The van der Waals surface area contributed by atoms with E-state index >= 15 is 0 Å². The lowest BCUT2D eigenvalue weighted by Gasteiger charge is -2.22. The molecule has 25 heavy (non-hydrogen) atoms. The summed E-state index contributed by atoms with van der Waals surface area (Å²) in [6, 6.07) is 3.91. The molecule has 1 saturated heterocycles. The Labute approximate surface area is 151 Å². The van der Waals surface area contributed by atoms with Crippen molar-refractivity contribution < 1.29 is 19.1 Å². The maximum Gasteiger partial charge on any atom is 0.264 e. The first kappa shape index (κ1) is 19.6. The SMILES string of the molecule is CN(C)CCCN1CCC(O)(C(=O)NCc2cc(F)cc(Cl)c2)C1=O. The second-order valence-electron chi connectivity index (χ2n) is 6.52. The molecule has 1 aliphatic heterocycles. The summed E-state index contributed by atoms with van der Waals surface area (Å²) in [6.45, 7) is 1.62. The Kier molecular flexibility index (Phi) is 6.37. The standard InChI is InChI=1S/C17H23ClFN3O3/c1-21(2)5-3-6-22-7-4-17(25,16(22)24)15(23)20-11-12-8-13(18)10-14(19)9-12/h8-10,25H,3-7,11H2,1-2H3,(H,20,23). The summed E-state index contributed by atoms with van der Waals surface area (Å²) in [4.78, 5) is 28.2. The van der Waals surface area contributed by atoms with Gasteiger partial charge < -0.3 is 20.2 Å². The van der Waals surface area contributed by atoms with Crippen molar-refractivity contribution in [2.24, 2.45) is 0 Å². The van der Waals surface area contributed by atoms with Gasteiger partial charge in [0.15, 0.2) is 0 Å². The average Bonchev–Trinajstić information content (AvgIpc) is 2.81. The maximum atomic E-state index is 13.3. The summed E-state index contributed by atoms with van der Waals surface area (Å²) in [5.74, 6) is -1.87. The number of halogens is 2. The first-order chi connectivity index (χ1) is 11.7. The van der Waals surface area contributed by atoms with Gasteiger partial charge in [-0.15, -0.1) is 0 Å². The first-order valence-corrected chi connectivity index (χ1v) is 8.50. The summed E-state index contributed by atoms with van der Waals surface area (Å²) in [5, 5.41) is 13.2. The van der Waals surface area contributed by atoms with Crippen LogP contribution in [0.1, 0.15) is 18.4 Å². The van der Waals surface area contributed by atoms with Crippen LogP contribution in [-0.4, -0.2) is 66.1 Å². The zero-order valence-electron chi connectivity index (χ0n) is 14.4. The number of carbonyl (C=O) groups excluding carboxylic acids is 2. The number of likely N-dealkylation sites (tertiary alicyclic amines) is 1. The zero-order chi connectivity index (χ0) is 18.6. The fourth-order valence-electron chi connectivity index (χ4n) is 2.81. The van der Waals surface area contributed by atoms with E-state index < -0.39 is 23.2 Å². The van der Waals surface area contributed by atoms with E-state index in [-0.39, 0.29) is 18.0 Å². The van der Waals surface area contributed by atoms with E-state index in [0.29, 0.717) is 18.7 Å². The molecule has 6 nitrogen and oxygen atoms in total. The smallest absolute Gasteiger partial charge is 0.264 e. The highest BCUT2D eigenvalue weighted by molar-refractivity contribution is 6.30. The molecular weight excluding hydrogens is 349 g/mol. The van der Waals surface area contributed by atoms with Crippen LogP contribution in [0.2, 0.25) is 5.02 Å². The number of aliphatic hydroxyl groups is 1. The summed E-state index contributed by atoms with van der Waals surface area (Å²) in [7, 11) is 3.88. The number of carbonyl (C=O) groups is 2. The molecular formula is C17H23ClFN3O3. The number of hydrogen-bond acceptors (Lipinski definition) is 4. The summed E-state index contributed by atoms with van der Waals surface area (Å²) in [5.41, 5.74) is -1.61. The Morgan fingerprint density at radius 2 is 2.16 bits per heavy atom. The minimum Gasteiger partial charge on any atom is -0.372 e. The molecule has 0 spiro atoms. The number of rotatable bonds is 7. The molecule has 2 amide bonds. The molecule has 0 aromatic heterocycles. The van der Waals surface area contributed by atoms with Crippen LogP contribution in [0, 0.1) is 5.82 Å². The van der Waals surface area contributed by atoms with Crippen molar-refractivity contribution in [3.8, 4) is 0 Å². The summed E-state index contributed by atoms with van der Waals surface area (Å²) < 4.78 is 13.3. The molecule has 0 aliphatic carbocycles. The lowest BCUT2D eigenvalue weighted by molar-refractivity contribution is -0.154. The van der Waals surface area contributed by atoms with E-state index in [1.165, 1.54) is 17.0 Å². The van der Waals surface area contributed by atoms with Gasteiger partial charge >= 0.3 is 0 Å².